The van der Waals surface area contributed by atoms with E-state index >= 15 is 0 Å². The summed E-state index contributed by atoms with van der Waals surface area (Å²) in [4.78, 5) is 15.5. The van der Waals surface area contributed by atoms with Gasteiger partial charge in [-0.2, -0.15) is 4.98 Å². The largest absolute Gasteiger partial charge is 0.454 e. The van der Waals surface area contributed by atoms with Crippen LogP contribution in [0, 0.1) is 5.82 Å². The van der Waals surface area contributed by atoms with E-state index < -0.39 is 21.7 Å². The maximum atomic E-state index is 14.1. The third-order valence-electron chi connectivity index (χ3n) is 3.35. The number of ether oxygens (including phenoxy) is 1. The van der Waals surface area contributed by atoms with E-state index in [0.29, 0.717) is 0 Å². The molecule has 8 nitrogen and oxygen atoms in total. The minimum atomic E-state index is -3.92. The molecule has 0 atom stereocenters. The maximum Gasteiger partial charge on any atom is 0.393 e. The Morgan fingerprint density at radius 1 is 1.44 bits per heavy atom. The van der Waals surface area contributed by atoms with Crippen molar-refractivity contribution in [1.82, 2.24) is 9.71 Å². The van der Waals surface area contributed by atoms with Gasteiger partial charge in [0.1, 0.15) is 17.0 Å². The van der Waals surface area contributed by atoms with Gasteiger partial charge < -0.3 is 14.5 Å². The Morgan fingerprint density at radius 3 is 2.76 bits per heavy atom. The second-order valence-electron chi connectivity index (χ2n) is 5.31. The van der Waals surface area contributed by atoms with Crippen molar-refractivity contribution in [1.29, 1.82) is 0 Å². The number of benzene rings is 1. The molecule has 1 saturated carbocycles. The first-order valence-corrected chi connectivity index (χ1v) is 8.98. The molecule has 1 amide bonds. The number of amides is 1. The smallest absolute Gasteiger partial charge is 0.393 e. The number of halogens is 2. The molecule has 0 spiro atoms. The Hall–Kier alpha value is -2.17. The third-order valence-corrected chi connectivity index (χ3v) is 5.33. The topological polar surface area (TPSA) is 111 Å². The fourth-order valence-electron chi connectivity index (χ4n) is 1.96. The van der Waals surface area contributed by atoms with Crippen LogP contribution in [0.1, 0.15) is 23.3 Å². The Kier molecular flexibility index (Phi) is 4.67. The van der Waals surface area contributed by atoms with Crippen molar-refractivity contribution < 1.29 is 26.8 Å². The van der Waals surface area contributed by atoms with Gasteiger partial charge >= 0.3 is 6.08 Å². The molecular formula is C14H13ClFN3O5S. The van der Waals surface area contributed by atoms with Gasteiger partial charge in [-0.25, -0.2) is 17.5 Å². The van der Waals surface area contributed by atoms with Crippen LogP contribution in [0.15, 0.2) is 27.7 Å². The fraction of sp³-hybridized carbons (Fsp3) is 0.286. The number of carbonyl (C=O) groups is 1. The SMILES string of the molecule is COc1nc(C(=O)Nc2cc(S(=O)(=O)NC3CC3)c(Cl)cc2F)co1. The summed E-state index contributed by atoms with van der Waals surface area (Å²) in [6.07, 6.45) is 2.35. The molecule has 0 aliphatic heterocycles. The highest BCUT2D eigenvalue weighted by molar-refractivity contribution is 7.89. The van der Waals surface area contributed by atoms with Crippen LogP contribution in [0.25, 0.3) is 0 Å². The van der Waals surface area contributed by atoms with Gasteiger partial charge in [0.25, 0.3) is 5.91 Å². The molecule has 0 saturated heterocycles. The molecule has 1 aliphatic carbocycles. The Morgan fingerprint density at radius 2 is 2.16 bits per heavy atom. The lowest BCUT2D eigenvalue weighted by Crippen LogP contribution is -2.26. The highest BCUT2D eigenvalue weighted by atomic mass is 35.5. The van der Waals surface area contributed by atoms with Crippen LogP contribution in [0.2, 0.25) is 5.02 Å². The fourth-order valence-corrected chi connectivity index (χ4v) is 3.80. The van der Waals surface area contributed by atoms with Gasteiger partial charge in [-0.15, -0.1) is 0 Å². The molecule has 1 fully saturated rings. The van der Waals surface area contributed by atoms with E-state index in [1.165, 1.54) is 7.11 Å². The van der Waals surface area contributed by atoms with E-state index in [2.05, 4.69) is 15.0 Å². The maximum absolute atomic E-state index is 14.1. The Balaban J connectivity index is 1.88. The highest BCUT2D eigenvalue weighted by Gasteiger charge is 2.30. The lowest BCUT2D eigenvalue weighted by atomic mass is 10.3. The standard InChI is InChI=1S/C14H13ClFN3O5S/c1-23-14-18-11(6-24-14)13(20)17-10-5-12(8(15)4-9(10)16)25(21,22)19-7-2-3-7/h4-7,19H,2-3H2,1H3,(H,17,20). The number of sulfonamides is 1. The zero-order chi connectivity index (χ0) is 18.2. The van der Waals surface area contributed by atoms with Crippen LogP contribution < -0.4 is 14.8 Å². The van der Waals surface area contributed by atoms with Crippen molar-refractivity contribution in [3.8, 4) is 6.08 Å². The van der Waals surface area contributed by atoms with Crippen molar-refractivity contribution in [2.45, 2.75) is 23.8 Å². The van der Waals surface area contributed by atoms with Gasteiger partial charge in [0.05, 0.1) is 17.8 Å². The van der Waals surface area contributed by atoms with Gasteiger partial charge in [0, 0.05) is 6.04 Å². The number of aromatic nitrogens is 1. The van der Waals surface area contributed by atoms with Gasteiger partial charge in [-0.05, 0) is 25.0 Å². The van der Waals surface area contributed by atoms with Gasteiger partial charge in [0.15, 0.2) is 5.69 Å². The second kappa shape index (κ2) is 6.62. The number of hydrogen-bond acceptors (Lipinski definition) is 6. The zero-order valence-corrected chi connectivity index (χ0v) is 14.4. The minimum absolute atomic E-state index is 0.140. The molecule has 1 aromatic carbocycles. The van der Waals surface area contributed by atoms with Crippen LogP contribution >= 0.6 is 11.6 Å². The van der Waals surface area contributed by atoms with E-state index in [-0.39, 0.29) is 33.4 Å². The average Bonchev–Trinajstić information content (AvgIpc) is 3.21. The number of oxazole rings is 1. The van der Waals surface area contributed by atoms with E-state index in [1.807, 2.05) is 0 Å². The predicted molar refractivity (Wildman–Crippen MR) is 85.8 cm³/mol. The second-order valence-corrected chi connectivity index (χ2v) is 7.40. The minimum Gasteiger partial charge on any atom is -0.454 e. The highest BCUT2D eigenvalue weighted by Crippen LogP contribution is 2.30. The summed E-state index contributed by atoms with van der Waals surface area (Å²) in [6.45, 7) is 0. The molecule has 1 aromatic heterocycles. The molecule has 134 valence electrons. The molecule has 0 bridgehead atoms. The van der Waals surface area contributed by atoms with Crippen LogP contribution in [0.5, 0.6) is 6.08 Å². The Bertz CT molecular complexity index is 927. The number of hydrogen-bond donors (Lipinski definition) is 2. The molecule has 11 heteroatoms. The molecule has 1 aliphatic rings. The quantitative estimate of drug-likeness (QED) is 0.783. The van der Waals surface area contributed by atoms with Crippen molar-refractivity contribution in [2.24, 2.45) is 0 Å². The monoisotopic (exact) mass is 389 g/mol. The van der Waals surface area contributed by atoms with E-state index in [4.69, 9.17) is 20.8 Å². The summed E-state index contributed by atoms with van der Waals surface area (Å²) in [5.41, 5.74) is -0.515. The summed E-state index contributed by atoms with van der Waals surface area (Å²) in [7, 11) is -2.62. The third kappa shape index (κ3) is 3.91. The normalized spacial score (nSPS) is 14.4. The van der Waals surface area contributed by atoms with E-state index in [1.54, 1.807) is 0 Å². The lowest BCUT2D eigenvalue weighted by Gasteiger charge is -2.11. The lowest BCUT2D eigenvalue weighted by molar-refractivity contribution is 0.102. The van der Waals surface area contributed by atoms with E-state index in [9.17, 15) is 17.6 Å². The number of anilines is 1. The van der Waals surface area contributed by atoms with Gasteiger partial charge in [0.2, 0.25) is 10.0 Å². The molecule has 25 heavy (non-hydrogen) atoms. The van der Waals surface area contributed by atoms with Crippen LogP contribution in [-0.2, 0) is 10.0 Å². The van der Waals surface area contributed by atoms with Crippen molar-refractivity contribution in [3.05, 3.63) is 34.9 Å². The number of carbonyl (C=O) groups excluding carboxylic acids is 1. The average molecular weight is 390 g/mol. The number of nitrogens with one attached hydrogen (secondary N) is 2. The molecule has 0 unspecified atom stereocenters. The first kappa shape index (κ1) is 17.6. The van der Waals surface area contributed by atoms with Crippen LogP contribution in [0.3, 0.4) is 0 Å². The van der Waals surface area contributed by atoms with Crippen molar-refractivity contribution >= 4 is 33.2 Å². The summed E-state index contributed by atoms with van der Waals surface area (Å²) in [6, 6.07) is 1.63. The van der Waals surface area contributed by atoms with Crippen molar-refractivity contribution in [2.75, 3.05) is 12.4 Å². The molecule has 2 aromatic rings. The van der Waals surface area contributed by atoms with Crippen LogP contribution in [0.4, 0.5) is 10.1 Å². The predicted octanol–water partition coefficient (Wildman–Crippen LogP) is 2.17. The van der Waals surface area contributed by atoms with Crippen molar-refractivity contribution in [3.63, 3.8) is 0 Å². The molecule has 3 rings (SSSR count). The molecular weight excluding hydrogens is 377 g/mol. The summed E-state index contributed by atoms with van der Waals surface area (Å²) in [5.74, 6) is -1.69. The molecule has 2 N–H and O–H groups in total. The molecule has 1 heterocycles. The molecule has 0 radical (unpaired) electrons. The summed E-state index contributed by atoms with van der Waals surface area (Å²) >= 11 is 5.85. The van der Waals surface area contributed by atoms with E-state index in [0.717, 1.165) is 31.2 Å². The number of nitrogens with zero attached hydrogens (tertiary/aromatic N) is 1. The Labute approximate surface area is 147 Å². The zero-order valence-electron chi connectivity index (χ0n) is 12.9. The summed E-state index contributed by atoms with van der Waals surface area (Å²) < 4.78 is 50.6. The first-order valence-electron chi connectivity index (χ1n) is 7.12. The number of methoxy groups -OCH3 is 1. The first-order chi connectivity index (χ1) is 11.8. The number of rotatable bonds is 6. The summed E-state index contributed by atoms with van der Waals surface area (Å²) in [5, 5.41) is 1.94. The van der Waals surface area contributed by atoms with Gasteiger partial charge in [-0.3, -0.25) is 4.79 Å². The van der Waals surface area contributed by atoms with Crippen LogP contribution in [-0.4, -0.2) is 32.5 Å². The van der Waals surface area contributed by atoms with Gasteiger partial charge in [-0.1, -0.05) is 11.6 Å².